The molecule has 10 nitrogen and oxygen atoms in total. The SMILES string of the molecule is CCN(c1cc(OC)c(OC)cc1C(=O)Nc1cc([N+](=O)[O-])ccc1C)S(C)(=O)=O. The average Bonchev–Trinajstić information content (AvgIpc) is 2.68. The Balaban J connectivity index is 2.63. The molecule has 11 heteroatoms. The molecule has 2 rings (SSSR count). The highest BCUT2D eigenvalue weighted by Gasteiger charge is 2.25. The summed E-state index contributed by atoms with van der Waals surface area (Å²) in [6, 6.07) is 6.85. The van der Waals surface area contributed by atoms with Crippen molar-refractivity contribution < 1.29 is 27.6 Å². The van der Waals surface area contributed by atoms with Gasteiger partial charge in [0, 0.05) is 24.7 Å². The number of hydrogen-bond donors (Lipinski definition) is 1. The molecule has 0 aliphatic rings. The van der Waals surface area contributed by atoms with Gasteiger partial charge in [0.1, 0.15) is 0 Å². The maximum atomic E-state index is 13.1. The van der Waals surface area contributed by atoms with E-state index in [0.717, 1.165) is 10.6 Å². The molecule has 0 unspecified atom stereocenters. The van der Waals surface area contributed by atoms with Gasteiger partial charge in [0.2, 0.25) is 10.0 Å². The number of nitro benzene ring substituents is 1. The van der Waals surface area contributed by atoms with Gasteiger partial charge in [-0.3, -0.25) is 19.2 Å². The molecule has 162 valence electrons. The maximum Gasteiger partial charge on any atom is 0.271 e. The zero-order chi connectivity index (χ0) is 22.6. The summed E-state index contributed by atoms with van der Waals surface area (Å²) in [6.07, 6.45) is 1.03. The van der Waals surface area contributed by atoms with Crippen LogP contribution in [0, 0.1) is 17.0 Å². The van der Waals surface area contributed by atoms with Crippen LogP contribution in [-0.2, 0) is 10.0 Å². The third kappa shape index (κ3) is 4.79. The second kappa shape index (κ2) is 8.99. The van der Waals surface area contributed by atoms with E-state index >= 15 is 0 Å². The van der Waals surface area contributed by atoms with Crippen LogP contribution in [0.4, 0.5) is 17.1 Å². The summed E-state index contributed by atoms with van der Waals surface area (Å²) in [7, 11) is -0.920. The molecule has 0 fully saturated rings. The van der Waals surface area contributed by atoms with E-state index in [4.69, 9.17) is 9.47 Å². The maximum absolute atomic E-state index is 13.1. The van der Waals surface area contributed by atoms with Crippen molar-refractivity contribution in [1.82, 2.24) is 0 Å². The molecule has 0 heterocycles. The first-order valence-electron chi connectivity index (χ1n) is 8.83. The third-order valence-electron chi connectivity index (χ3n) is 4.38. The zero-order valence-electron chi connectivity index (χ0n) is 17.3. The van der Waals surface area contributed by atoms with Crippen molar-refractivity contribution in [3.63, 3.8) is 0 Å². The average molecular weight is 437 g/mol. The minimum absolute atomic E-state index is 0.00540. The number of sulfonamides is 1. The predicted octanol–water partition coefficient (Wildman–Crippen LogP) is 2.96. The molecule has 0 saturated heterocycles. The van der Waals surface area contributed by atoms with Gasteiger partial charge >= 0.3 is 0 Å². The number of anilines is 2. The molecule has 0 radical (unpaired) electrons. The number of non-ortho nitro benzene ring substituents is 1. The van der Waals surface area contributed by atoms with Gasteiger partial charge in [-0.05, 0) is 25.5 Å². The summed E-state index contributed by atoms with van der Waals surface area (Å²) in [4.78, 5) is 23.6. The number of carbonyl (C=O) groups is 1. The van der Waals surface area contributed by atoms with Crippen LogP contribution < -0.4 is 19.1 Å². The van der Waals surface area contributed by atoms with Crippen molar-refractivity contribution >= 4 is 33.0 Å². The van der Waals surface area contributed by atoms with Crippen LogP contribution in [0.2, 0.25) is 0 Å². The van der Waals surface area contributed by atoms with Gasteiger partial charge in [0.15, 0.2) is 11.5 Å². The van der Waals surface area contributed by atoms with Gasteiger partial charge in [0.05, 0.1) is 42.3 Å². The number of nitrogens with zero attached hydrogens (tertiary/aromatic N) is 2. The first-order chi connectivity index (χ1) is 14.0. The lowest BCUT2D eigenvalue weighted by Crippen LogP contribution is -2.31. The third-order valence-corrected chi connectivity index (χ3v) is 5.64. The fourth-order valence-electron chi connectivity index (χ4n) is 2.89. The van der Waals surface area contributed by atoms with E-state index in [0.29, 0.717) is 5.56 Å². The van der Waals surface area contributed by atoms with Crippen molar-refractivity contribution in [3.05, 3.63) is 51.6 Å². The molecular weight excluding hydrogens is 414 g/mol. The summed E-state index contributed by atoms with van der Waals surface area (Å²) in [5.41, 5.74) is 0.752. The van der Waals surface area contributed by atoms with Crippen LogP contribution in [-0.4, -0.2) is 46.3 Å². The van der Waals surface area contributed by atoms with Crippen molar-refractivity contribution in [2.24, 2.45) is 0 Å². The zero-order valence-corrected chi connectivity index (χ0v) is 18.1. The smallest absolute Gasteiger partial charge is 0.271 e. The molecule has 0 atom stereocenters. The normalized spacial score (nSPS) is 11.0. The number of carbonyl (C=O) groups excluding carboxylic acids is 1. The molecule has 0 spiro atoms. The highest BCUT2D eigenvalue weighted by Crippen LogP contribution is 2.36. The summed E-state index contributed by atoms with van der Waals surface area (Å²) in [5, 5.41) is 13.7. The predicted molar refractivity (Wildman–Crippen MR) is 113 cm³/mol. The van der Waals surface area contributed by atoms with Gasteiger partial charge in [-0.15, -0.1) is 0 Å². The molecule has 0 aliphatic carbocycles. The number of nitro groups is 1. The quantitative estimate of drug-likeness (QED) is 0.497. The van der Waals surface area contributed by atoms with E-state index in [2.05, 4.69) is 5.32 Å². The summed E-state index contributed by atoms with van der Waals surface area (Å²) in [5.74, 6) is -0.180. The number of methoxy groups -OCH3 is 2. The minimum Gasteiger partial charge on any atom is -0.493 e. The van der Waals surface area contributed by atoms with Gasteiger partial charge in [0.25, 0.3) is 11.6 Å². The number of benzene rings is 2. The molecule has 0 bridgehead atoms. The van der Waals surface area contributed by atoms with Crippen LogP contribution in [0.25, 0.3) is 0 Å². The van der Waals surface area contributed by atoms with Crippen LogP contribution in [0.1, 0.15) is 22.8 Å². The van der Waals surface area contributed by atoms with Crippen molar-refractivity contribution in [1.29, 1.82) is 0 Å². The molecule has 2 aromatic rings. The van der Waals surface area contributed by atoms with E-state index in [9.17, 15) is 23.3 Å². The Morgan fingerprint density at radius 3 is 2.27 bits per heavy atom. The number of rotatable bonds is 8. The fraction of sp³-hybridized carbons (Fsp3) is 0.316. The second-order valence-electron chi connectivity index (χ2n) is 6.36. The second-order valence-corrected chi connectivity index (χ2v) is 8.27. The summed E-state index contributed by atoms with van der Waals surface area (Å²) in [6.45, 7) is 3.39. The topological polar surface area (TPSA) is 128 Å². The van der Waals surface area contributed by atoms with Crippen molar-refractivity contribution in [2.75, 3.05) is 36.6 Å². The van der Waals surface area contributed by atoms with E-state index in [1.165, 1.54) is 44.6 Å². The first-order valence-corrected chi connectivity index (χ1v) is 10.7. The number of aryl methyl sites for hydroxylation is 1. The fourth-order valence-corrected chi connectivity index (χ4v) is 3.87. The number of hydrogen-bond acceptors (Lipinski definition) is 7. The van der Waals surface area contributed by atoms with E-state index < -0.39 is 20.9 Å². The highest BCUT2D eigenvalue weighted by atomic mass is 32.2. The molecule has 0 aromatic heterocycles. The Labute approximate surface area is 174 Å². The number of nitrogens with one attached hydrogen (secondary N) is 1. The lowest BCUT2D eigenvalue weighted by molar-refractivity contribution is -0.384. The Hall–Kier alpha value is -3.34. The molecule has 1 amide bonds. The van der Waals surface area contributed by atoms with Gasteiger partial charge in [-0.25, -0.2) is 8.42 Å². The lowest BCUT2D eigenvalue weighted by Gasteiger charge is -2.24. The highest BCUT2D eigenvalue weighted by molar-refractivity contribution is 7.92. The van der Waals surface area contributed by atoms with Gasteiger partial charge in [-0.1, -0.05) is 6.07 Å². The molecule has 1 N–H and O–H groups in total. The Bertz CT molecular complexity index is 1080. The molecule has 0 aliphatic heterocycles. The van der Waals surface area contributed by atoms with E-state index in [1.807, 2.05) is 0 Å². The summed E-state index contributed by atoms with van der Waals surface area (Å²) < 4.78 is 36.1. The standard InChI is InChI=1S/C19H23N3O7S/c1-6-21(30(5,26)27)16-11-18(29-4)17(28-3)10-14(16)19(23)20-15-9-13(22(24)25)8-7-12(15)2/h7-11H,6H2,1-5H3,(H,20,23). The number of ether oxygens (including phenoxy) is 2. The van der Waals surface area contributed by atoms with Crippen LogP contribution in [0.3, 0.4) is 0 Å². The molecule has 0 saturated carbocycles. The molecular formula is C19H23N3O7S. The van der Waals surface area contributed by atoms with Crippen LogP contribution in [0.5, 0.6) is 11.5 Å². The van der Waals surface area contributed by atoms with E-state index in [1.54, 1.807) is 13.8 Å². The van der Waals surface area contributed by atoms with Crippen molar-refractivity contribution in [3.8, 4) is 11.5 Å². The Kier molecular flexibility index (Phi) is 6.88. The minimum atomic E-state index is -3.70. The van der Waals surface area contributed by atoms with Gasteiger partial charge in [-0.2, -0.15) is 0 Å². The monoisotopic (exact) mass is 437 g/mol. The first kappa shape index (κ1) is 22.9. The lowest BCUT2D eigenvalue weighted by atomic mass is 10.1. The van der Waals surface area contributed by atoms with Crippen LogP contribution in [0.15, 0.2) is 30.3 Å². The van der Waals surface area contributed by atoms with Crippen molar-refractivity contribution in [2.45, 2.75) is 13.8 Å². The van der Waals surface area contributed by atoms with Crippen LogP contribution >= 0.6 is 0 Å². The van der Waals surface area contributed by atoms with Gasteiger partial charge < -0.3 is 14.8 Å². The Morgan fingerprint density at radius 2 is 1.77 bits per heavy atom. The molecule has 30 heavy (non-hydrogen) atoms. The Morgan fingerprint density at radius 1 is 1.17 bits per heavy atom. The molecule has 2 aromatic carbocycles. The van der Waals surface area contributed by atoms with E-state index in [-0.39, 0.29) is 40.7 Å². The number of amides is 1. The largest absolute Gasteiger partial charge is 0.493 e. The summed E-state index contributed by atoms with van der Waals surface area (Å²) >= 11 is 0.